The van der Waals surface area contributed by atoms with Crippen molar-refractivity contribution in [3.63, 3.8) is 0 Å². The predicted molar refractivity (Wildman–Crippen MR) is 56.9 cm³/mol. The van der Waals surface area contributed by atoms with Crippen LogP contribution < -0.4 is 0 Å². The third-order valence-corrected chi connectivity index (χ3v) is 2.10. The van der Waals surface area contributed by atoms with Gasteiger partial charge in [0.1, 0.15) is 5.75 Å². The lowest BCUT2D eigenvalue weighted by atomic mass is 10.2. The molecule has 16 heavy (non-hydrogen) atoms. The number of benzene rings is 1. The SMILES string of the molecule is COC(O)O.O=S(=O)(O)Cc1ccccc1. The lowest BCUT2D eigenvalue weighted by Gasteiger charge is -1.95. The van der Waals surface area contributed by atoms with Gasteiger partial charge in [-0.3, -0.25) is 4.55 Å². The Hall–Kier alpha value is -0.990. The van der Waals surface area contributed by atoms with Crippen molar-refractivity contribution in [2.45, 2.75) is 12.2 Å². The molecule has 0 amide bonds. The molecule has 0 unspecified atom stereocenters. The summed E-state index contributed by atoms with van der Waals surface area (Å²) in [7, 11) is -2.68. The monoisotopic (exact) mass is 250 g/mol. The Kier molecular flexibility index (Phi) is 6.86. The van der Waals surface area contributed by atoms with Crippen LogP contribution in [0.3, 0.4) is 0 Å². The molecule has 0 radical (unpaired) electrons. The summed E-state index contributed by atoms with van der Waals surface area (Å²) >= 11 is 0. The molecule has 1 aromatic rings. The van der Waals surface area contributed by atoms with Gasteiger partial charge in [-0.15, -0.1) is 0 Å². The molecular formula is C9H14O6S. The van der Waals surface area contributed by atoms with E-state index in [1.54, 1.807) is 30.3 Å². The zero-order chi connectivity index (χ0) is 12.6. The molecule has 0 aliphatic carbocycles. The summed E-state index contributed by atoms with van der Waals surface area (Å²) in [5, 5.41) is 15.4. The minimum atomic E-state index is -3.88. The maximum atomic E-state index is 10.4. The van der Waals surface area contributed by atoms with Crippen molar-refractivity contribution in [3.8, 4) is 0 Å². The molecule has 1 aromatic carbocycles. The van der Waals surface area contributed by atoms with Crippen LogP contribution in [0.5, 0.6) is 0 Å². The predicted octanol–water partition coefficient (Wildman–Crippen LogP) is -0.0246. The minimum absolute atomic E-state index is 0.312. The standard InChI is InChI=1S/C7H8O3S.C2H6O3/c8-11(9,10)6-7-4-2-1-3-5-7;1-5-2(3)4/h1-5H,6H2,(H,8,9,10);2-4H,1H3. The van der Waals surface area contributed by atoms with Gasteiger partial charge in [-0.1, -0.05) is 30.3 Å². The molecule has 0 saturated heterocycles. The van der Waals surface area contributed by atoms with E-state index in [9.17, 15) is 8.42 Å². The van der Waals surface area contributed by atoms with Crippen LogP contribution in [-0.2, 0) is 20.6 Å². The van der Waals surface area contributed by atoms with Crippen LogP contribution in [0.25, 0.3) is 0 Å². The van der Waals surface area contributed by atoms with Crippen LogP contribution in [0, 0.1) is 0 Å². The highest BCUT2D eigenvalue weighted by molar-refractivity contribution is 7.85. The number of aliphatic hydroxyl groups is 2. The Bertz CT molecular complexity index is 372. The van der Waals surface area contributed by atoms with Crippen molar-refractivity contribution in [1.82, 2.24) is 0 Å². The molecule has 0 aliphatic rings. The van der Waals surface area contributed by atoms with E-state index in [0.29, 0.717) is 5.56 Å². The van der Waals surface area contributed by atoms with E-state index < -0.39 is 16.6 Å². The molecule has 0 spiro atoms. The first-order valence-corrected chi connectivity index (χ1v) is 5.84. The first-order valence-electron chi connectivity index (χ1n) is 4.23. The first kappa shape index (κ1) is 15.0. The molecule has 1 rings (SSSR count). The Labute approximate surface area is 93.9 Å². The van der Waals surface area contributed by atoms with E-state index in [2.05, 4.69) is 4.74 Å². The van der Waals surface area contributed by atoms with Crippen molar-refractivity contribution in [2.75, 3.05) is 7.11 Å². The highest BCUT2D eigenvalue weighted by atomic mass is 32.2. The van der Waals surface area contributed by atoms with Gasteiger partial charge in [0.15, 0.2) is 0 Å². The van der Waals surface area contributed by atoms with Gasteiger partial charge >= 0.3 is 0 Å². The van der Waals surface area contributed by atoms with Crippen molar-refractivity contribution < 1.29 is 27.9 Å². The van der Waals surface area contributed by atoms with Crippen LogP contribution in [0.4, 0.5) is 0 Å². The summed E-state index contributed by atoms with van der Waals surface area (Å²) in [6.07, 6.45) is 0. The molecule has 0 bridgehead atoms. The first-order chi connectivity index (χ1) is 7.35. The van der Waals surface area contributed by atoms with Gasteiger partial charge in [0.2, 0.25) is 0 Å². The highest BCUT2D eigenvalue weighted by Crippen LogP contribution is 2.02. The number of rotatable bonds is 3. The number of hydrogen-bond donors (Lipinski definition) is 3. The van der Waals surface area contributed by atoms with Crippen molar-refractivity contribution in [3.05, 3.63) is 35.9 Å². The smallest absolute Gasteiger partial charge is 0.269 e. The van der Waals surface area contributed by atoms with Gasteiger partial charge in [-0.25, -0.2) is 0 Å². The van der Waals surface area contributed by atoms with Crippen LogP contribution in [-0.4, -0.2) is 36.8 Å². The van der Waals surface area contributed by atoms with Gasteiger partial charge in [0.25, 0.3) is 16.6 Å². The van der Waals surface area contributed by atoms with Gasteiger partial charge in [0, 0.05) is 7.11 Å². The lowest BCUT2D eigenvalue weighted by molar-refractivity contribution is -0.218. The second-order valence-corrected chi connectivity index (χ2v) is 4.23. The molecule has 6 nitrogen and oxygen atoms in total. The lowest BCUT2D eigenvalue weighted by Crippen LogP contribution is -2.04. The van der Waals surface area contributed by atoms with Gasteiger partial charge < -0.3 is 14.9 Å². The maximum Gasteiger partial charge on any atom is 0.269 e. The van der Waals surface area contributed by atoms with E-state index in [1.165, 1.54) is 7.11 Å². The van der Waals surface area contributed by atoms with Gasteiger partial charge in [0.05, 0.1) is 0 Å². The largest absolute Gasteiger partial charge is 0.346 e. The number of ether oxygens (including phenoxy) is 1. The third-order valence-electron chi connectivity index (χ3n) is 1.40. The van der Waals surface area contributed by atoms with E-state index in [0.717, 1.165) is 0 Å². The van der Waals surface area contributed by atoms with E-state index in [1.807, 2.05) is 0 Å². The molecule has 0 aliphatic heterocycles. The molecule has 0 atom stereocenters. The van der Waals surface area contributed by atoms with Crippen molar-refractivity contribution in [2.24, 2.45) is 0 Å². The van der Waals surface area contributed by atoms with E-state index in [4.69, 9.17) is 14.8 Å². The quantitative estimate of drug-likeness (QED) is 0.514. The van der Waals surface area contributed by atoms with Crippen LogP contribution in [0.1, 0.15) is 5.56 Å². The normalized spacial score (nSPS) is 10.8. The van der Waals surface area contributed by atoms with Crippen molar-refractivity contribution >= 4 is 10.1 Å². The number of aliphatic hydroxyl groups excluding tert-OH is 1. The average Bonchev–Trinajstić information content (AvgIpc) is 2.17. The molecule has 0 heterocycles. The molecular weight excluding hydrogens is 236 g/mol. The van der Waals surface area contributed by atoms with E-state index >= 15 is 0 Å². The third kappa shape index (κ3) is 9.56. The Balaban J connectivity index is 0.000000385. The van der Waals surface area contributed by atoms with Crippen LogP contribution in [0.15, 0.2) is 30.3 Å². The zero-order valence-electron chi connectivity index (χ0n) is 8.65. The molecule has 3 N–H and O–H groups in total. The van der Waals surface area contributed by atoms with Crippen molar-refractivity contribution in [1.29, 1.82) is 0 Å². The Morgan fingerprint density at radius 3 is 2.00 bits per heavy atom. The molecule has 0 saturated carbocycles. The fourth-order valence-corrected chi connectivity index (χ4v) is 1.40. The minimum Gasteiger partial charge on any atom is -0.346 e. The second kappa shape index (κ2) is 7.31. The number of methoxy groups -OCH3 is 1. The van der Waals surface area contributed by atoms with Gasteiger partial charge in [-0.2, -0.15) is 8.42 Å². The molecule has 0 fully saturated rings. The maximum absolute atomic E-state index is 10.4. The average molecular weight is 250 g/mol. The molecule has 7 heteroatoms. The number of hydrogen-bond acceptors (Lipinski definition) is 5. The second-order valence-electron chi connectivity index (χ2n) is 2.77. The zero-order valence-corrected chi connectivity index (χ0v) is 9.46. The topological polar surface area (TPSA) is 104 Å². The molecule has 0 aromatic heterocycles. The highest BCUT2D eigenvalue weighted by Gasteiger charge is 2.04. The van der Waals surface area contributed by atoms with Gasteiger partial charge in [-0.05, 0) is 5.56 Å². The fourth-order valence-electron chi connectivity index (χ4n) is 0.785. The summed E-state index contributed by atoms with van der Waals surface area (Å²) in [6, 6.07) is 8.52. The summed E-state index contributed by atoms with van der Waals surface area (Å²) in [6.45, 7) is -1.62. The fraction of sp³-hybridized carbons (Fsp3) is 0.333. The van der Waals surface area contributed by atoms with Crippen LogP contribution in [0.2, 0.25) is 0 Å². The Morgan fingerprint density at radius 1 is 1.25 bits per heavy atom. The van der Waals surface area contributed by atoms with Crippen LogP contribution >= 0.6 is 0 Å². The van der Waals surface area contributed by atoms with E-state index in [-0.39, 0.29) is 5.75 Å². The Morgan fingerprint density at radius 2 is 1.69 bits per heavy atom. The summed E-state index contributed by atoms with van der Waals surface area (Å²) in [5.41, 5.74) is 0.593. The summed E-state index contributed by atoms with van der Waals surface area (Å²) in [5.74, 6) is -0.312. The summed E-state index contributed by atoms with van der Waals surface area (Å²) in [4.78, 5) is 0. The molecule has 92 valence electrons. The summed E-state index contributed by atoms with van der Waals surface area (Å²) < 4.78 is 33.0.